The maximum atomic E-state index is 14.5. The van der Waals surface area contributed by atoms with Crippen molar-refractivity contribution >= 4 is 17.7 Å². The van der Waals surface area contributed by atoms with Gasteiger partial charge < -0.3 is 9.47 Å². The van der Waals surface area contributed by atoms with E-state index in [2.05, 4.69) is 5.32 Å². The van der Waals surface area contributed by atoms with Crippen LogP contribution in [0.1, 0.15) is 49.7 Å². The molecule has 0 aliphatic heterocycles. The first kappa shape index (κ1) is 20.8. The summed E-state index contributed by atoms with van der Waals surface area (Å²) in [5.74, 6) is -0.483. The van der Waals surface area contributed by atoms with Gasteiger partial charge in [-0.2, -0.15) is 0 Å². The Morgan fingerprint density at radius 1 is 1.03 bits per heavy atom. The minimum Gasteiger partial charge on any atom is -0.466 e. The summed E-state index contributed by atoms with van der Waals surface area (Å²) in [5, 5.41) is 2.45. The molecule has 0 bridgehead atoms. The average molecular weight is 399 g/mol. The Morgan fingerprint density at radius 2 is 1.76 bits per heavy atom. The lowest BCUT2D eigenvalue weighted by molar-refractivity contribution is -0.149. The normalized spacial score (nSPS) is 18.7. The number of benzene rings is 2. The van der Waals surface area contributed by atoms with Gasteiger partial charge in [-0.05, 0) is 61.8 Å². The number of halogens is 1. The van der Waals surface area contributed by atoms with Gasteiger partial charge in [0.15, 0.2) is 0 Å². The summed E-state index contributed by atoms with van der Waals surface area (Å²) >= 11 is 0. The van der Waals surface area contributed by atoms with E-state index in [0.29, 0.717) is 6.61 Å². The number of amides is 1. The van der Waals surface area contributed by atoms with Gasteiger partial charge in [0, 0.05) is 0 Å². The molecule has 29 heavy (non-hydrogen) atoms. The fraction of sp³-hybridized carbons (Fsp3) is 0.391. The zero-order valence-electron chi connectivity index (χ0n) is 16.5. The Labute approximate surface area is 170 Å². The molecule has 154 valence electrons. The summed E-state index contributed by atoms with van der Waals surface area (Å²) in [5.41, 5.74) is 1.83. The van der Waals surface area contributed by atoms with Gasteiger partial charge in [-0.15, -0.1) is 0 Å². The second-order valence-corrected chi connectivity index (χ2v) is 7.23. The molecule has 1 N–H and O–H groups in total. The monoisotopic (exact) mass is 399 g/mol. The van der Waals surface area contributed by atoms with Gasteiger partial charge in [-0.3, -0.25) is 10.1 Å². The topological polar surface area (TPSA) is 64.6 Å². The predicted octanol–water partition coefficient (Wildman–Crippen LogP) is 5.41. The lowest BCUT2D eigenvalue weighted by Crippen LogP contribution is -2.23. The van der Waals surface area contributed by atoms with Crippen molar-refractivity contribution in [3.05, 3.63) is 65.5 Å². The lowest BCUT2D eigenvalue weighted by Gasteiger charge is -2.27. The third-order valence-corrected chi connectivity index (χ3v) is 5.26. The quantitative estimate of drug-likeness (QED) is 0.660. The van der Waals surface area contributed by atoms with Crippen molar-refractivity contribution in [2.24, 2.45) is 5.92 Å². The standard InChI is InChI=1S/C23H26FNO4/c1-2-28-22(26)18-10-8-17(9-11-18)19-12-13-21(20(24)14-19)25-23(27)29-15-16-6-4-3-5-7-16/h3-7,12-14,17-18H,2,8-11,15H2,1H3,(H,25,27). The number of hydrogen-bond acceptors (Lipinski definition) is 4. The Balaban J connectivity index is 1.52. The molecule has 5 nitrogen and oxygen atoms in total. The summed E-state index contributed by atoms with van der Waals surface area (Å²) < 4.78 is 24.7. The molecule has 0 spiro atoms. The van der Waals surface area contributed by atoms with Crippen LogP contribution in [0.25, 0.3) is 0 Å². The van der Waals surface area contributed by atoms with Crippen LogP contribution in [0.3, 0.4) is 0 Å². The number of hydrogen-bond donors (Lipinski definition) is 1. The first-order valence-electron chi connectivity index (χ1n) is 10.0. The molecule has 2 aromatic rings. The van der Waals surface area contributed by atoms with E-state index in [-0.39, 0.29) is 30.1 Å². The number of carbonyl (C=O) groups is 2. The van der Waals surface area contributed by atoms with Crippen LogP contribution in [0.2, 0.25) is 0 Å². The molecule has 3 rings (SSSR count). The zero-order valence-corrected chi connectivity index (χ0v) is 16.5. The van der Waals surface area contributed by atoms with Gasteiger partial charge in [0.2, 0.25) is 0 Å². The summed E-state index contributed by atoms with van der Waals surface area (Å²) in [6.45, 7) is 2.32. The fourth-order valence-corrected chi connectivity index (χ4v) is 3.68. The Hall–Kier alpha value is -2.89. The summed E-state index contributed by atoms with van der Waals surface area (Å²) in [7, 11) is 0. The van der Waals surface area contributed by atoms with Crippen molar-refractivity contribution in [1.29, 1.82) is 0 Å². The molecular formula is C23H26FNO4. The van der Waals surface area contributed by atoms with Crippen LogP contribution < -0.4 is 5.32 Å². The van der Waals surface area contributed by atoms with E-state index in [1.165, 1.54) is 6.07 Å². The van der Waals surface area contributed by atoms with Crippen molar-refractivity contribution in [2.75, 3.05) is 11.9 Å². The number of ether oxygens (including phenoxy) is 2. The Bertz CT molecular complexity index is 832. The highest BCUT2D eigenvalue weighted by Gasteiger charge is 2.28. The number of carbonyl (C=O) groups excluding carboxylic acids is 2. The molecule has 1 amide bonds. The second-order valence-electron chi connectivity index (χ2n) is 7.23. The molecule has 6 heteroatoms. The average Bonchev–Trinajstić information content (AvgIpc) is 2.75. The van der Waals surface area contributed by atoms with Crippen molar-refractivity contribution in [3.8, 4) is 0 Å². The van der Waals surface area contributed by atoms with E-state index < -0.39 is 11.9 Å². The number of esters is 1. The van der Waals surface area contributed by atoms with Gasteiger partial charge in [-0.1, -0.05) is 36.4 Å². The molecule has 0 heterocycles. The molecule has 0 atom stereocenters. The lowest BCUT2D eigenvalue weighted by atomic mass is 9.78. The van der Waals surface area contributed by atoms with E-state index in [1.807, 2.05) is 36.4 Å². The van der Waals surface area contributed by atoms with Crippen LogP contribution in [0.5, 0.6) is 0 Å². The van der Waals surface area contributed by atoms with Gasteiger partial charge >= 0.3 is 12.1 Å². The molecule has 1 aliphatic rings. The summed E-state index contributed by atoms with van der Waals surface area (Å²) in [6, 6.07) is 14.1. The smallest absolute Gasteiger partial charge is 0.412 e. The van der Waals surface area contributed by atoms with Crippen LogP contribution in [-0.4, -0.2) is 18.7 Å². The first-order valence-corrected chi connectivity index (χ1v) is 10.0. The zero-order chi connectivity index (χ0) is 20.6. The van der Waals surface area contributed by atoms with Gasteiger partial charge in [0.05, 0.1) is 18.2 Å². The van der Waals surface area contributed by atoms with Crippen LogP contribution in [0.4, 0.5) is 14.9 Å². The highest BCUT2D eigenvalue weighted by molar-refractivity contribution is 5.84. The van der Waals surface area contributed by atoms with E-state index in [9.17, 15) is 14.0 Å². The van der Waals surface area contributed by atoms with Gasteiger partial charge in [0.1, 0.15) is 12.4 Å². The SMILES string of the molecule is CCOC(=O)C1CCC(c2ccc(NC(=O)OCc3ccccc3)c(F)c2)CC1. The minimum absolute atomic E-state index is 0.0589. The Kier molecular flexibility index (Phi) is 7.22. The number of anilines is 1. The number of nitrogens with one attached hydrogen (secondary N) is 1. The molecular weight excluding hydrogens is 373 g/mol. The molecule has 1 saturated carbocycles. The highest BCUT2D eigenvalue weighted by atomic mass is 19.1. The maximum absolute atomic E-state index is 14.5. The van der Waals surface area contributed by atoms with E-state index in [1.54, 1.807) is 13.0 Å². The van der Waals surface area contributed by atoms with E-state index in [4.69, 9.17) is 9.47 Å². The molecule has 2 aromatic carbocycles. The molecule has 0 radical (unpaired) electrons. The summed E-state index contributed by atoms with van der Waals surface area (Å²) in [6.07, 6.45) is 2.42. The second kappa shape index (κ2) is 10.0. The Morgan fingerprint density at radius 3 is 2.41 bits per heavy atom. The van der Waals surface area contributed by atoms with Crippen molar-refractivity contribution < 1.29 is 23.5 Å². The van der Waals surface area contributed by atoms with Crippen LogP contribution in [-0.2, 0) is 20.9 Å². The largest absolute Gasteiger partial charge is 0.466 e. The summed E-state index contributed by atoms with van der Waals surface area (Å²) in [4.78, 5) is 23.8. The van der Waals surface area contributed by atoms with E-state index >= 15 is 0 Å². The molecule has 0 saturated heterocycles. The van der Waals surface area contributed by atoms with Crippen molar-refractivity contribution in [1.82, 2.24) is 0 Å². The van der Waals surface area contributed by atoms with Crippen LogP contribution >= 0.6 is 0 Å². The molecule has 1 fully saturated rings. The first-order chi connectivity index (χ1) is 14.1. The minimum atomic E-state index is -0.699. The van der Waals surface area contributed by atoms with Crippen LogP contribution in [0, 0.1) is 11.7 Å². The molecule has 0 aromatic heterocycles. The molecule has 1 aliphatic carbocycles. The number of rotatable bonds is 6. The predicted molar refractivity (Wildman–Crippen MR) is 108 cm³/mol. The van der Waals surface area contributed by atoms with Crippen molar-refractivity contribution in [3.63, 3.8) is 0 Å². The highest BCUT2D eigenvalue weighted by Crippen LogP contribution is 2.37. The van der Waals surface area contributed by atoms with Gasteiger partial charge in [0.25, 0.3) is 0 Å². The van der Waals surface area contributed by atoms with E-state index in [0.717, 1.165) is 36.8 Å². The third kappa shape index (κ3) is 5.79. The fourth-order valence-electron chi connectivity index (χ4n) is 3.68. The maximum Gasteiger partial charge on any atom is 0.412 e. The molecule has 0 unspecified atom stereocenters. The van der Waals surface area contributed by atoms with Crippen molar-refractivity contribution in [2.45, 2.75) is 45.1 Å². The van der Waals surface area contributed by atoms with Gasteiger partial charge in [-0.25, -0.2) is 9.18 Å². The third-order valence-electron chi connectivity index (χ3n) is 5.26. The van der Waals surface area contributed by atoms with Crippen LogP contribution in [0.15, 0.2) is 48.5 Å².